The van der Waals surface area contributed by atoms with E-state index in [-0.39, 0.29) is 28.3 Å². The van der Waals surface area contributed by atoms with E-state index in [1.807, 2.05) is 6.92 Å². The normalized spacial score (nSPS) is 18.3. The summed E-state index contributed by atoms with van der Waals surface area (Å²) in [6.45, 7) is 1.95. The monoisotopic (exact) mass is 460 g/mol. The van der Waals surface area contributed by atoms with Crippen LogP contribution in [-0.2, 0) is 6.42 Å². The second kappa shape index (κ2) is 9.51. The summed E-state index contributed by atoms with van der Waals surface area (Å²) in [5.41, 5.74) is 1.01. The highest BCUT2D eigenvalue weighted by atomic mass is 19.2. The molecule has 0 radical (unpaired) electrons. The van der Waals surface area contributed by atoms with Gasteiger partial charge in [-0.25, -0.2) is 26.3 Å². The van der Waals surface area contributed by atoms with Crippen molar-refractivity contribution in [3.63, 3.8) is 0 Å². The predicted molar refractivity (Wildman–Crippen MR) is 116 cm³/mol. The van der Waals surface area contributed by atoms with Crippen molar-refractivity contribution in [1.29, 1.82) is 0 Å². The molecule has 1 fully saturated rings. The number of halogens is 6. The van der Waals surface area contributed by atoms with Crippen molar-refractivity contribution in [3.8, 4) is 11.8 Å². The number of hydrogen-bond acceptors (Lipinski definition) is 0. The Morgan fingerprint density at radius 2 is 1.42 bits per heavy atom. The molecule has 0 unspecified atom stereocenters. The molecule has 0 bridgehead atoms. The lowest BCUT2D eigenvalue weighted by Crippen LogP contribution is -2.15. The van der Waals surface area contributed by atoms with E-state index in [2.05, 4.69) is 11.8 Å². The zero-order valence-electron chi connectivity index (χ0n) is 18.1. The summed E-state index contributed by atoms with van der Waals surface area (Å²) in [4.78, 5) is 0. The van der Waals surface area contributed by atoms with Gasteiger partial charge in [0.15, 0.2) is 17.5 Å². The SMILES string of the molecule is CCCc1cc(F)c(C2CCC(C#Cc3cc(F)c4c(F)c(F)c(F)cc4c3)CC2)c(F)c1. The molecule has 6 heteroatoms. The molecule has 172 valence electrons. The number of fused-ring (bicyclic) bond motifs is 1. The number of benzene rings is 3. The van der Waals surface area contributed by atoms with Gasteiger partial charge in [-0.1, -0.05) is 25.2 Å². The molecule has 1 aliphatic carbocycles. The number of rotatable bonds is 3. The maximum Gasteiger partial charge on any atom is 0.195 e. The minimum Gasteiger partial charge on any atom is -0.207 e. The molecule has 0 N–H and O–H groups in total. The average molecular weight is 460 g/mol. The molecule has 0 saturated heterocycles. The summed E-state index contributed by atoms with van der Waals surface area (Å²) in [5.74, 6) is -1.13. The fourth-order valence-electron chi connectivity index (χ4n) is 4.63. The van der Waals surface area contributed by atoms with Crippen molar-refractivity contribution in [2.45, 2.75) is 51.4 Å². The van der Waals surface area contributed by atoms with Crippen LogP contribution in [-0.4, -0.2) is 0 Å². The Morgan fingerprint density at radius 1 is 0.758 bits per heavy atom. The van der Waals surface area contributed by atoms with Crippen molar-refractivity contribution >= 4 is 10.8 Å². The molecular formula is C27H22F6. The van der Waals surface area contributed by atoms with E-state index in [1.165, 1.54) is 18.2 Å². The highest BCUT2D eigenvalue weighted by Crippen LogP contribution is 2.38. The Morgan fingerprint density at radius 3 is 2.06 bits per heavy atom. The molecule has 3 aromatic carbocycles. The van der Waals surface area contributed by atoms with Crippen LogP contribution in [0.15, 0.2) is 30.3 Å². The van der Waals surface area contributed by atoms with Gasteiger partial charge in [0.25, 0.3) is 0 Å². The number of hydrogen-bond donors (Lipinski definition) is 0. The first kappa shape index (κ1) is 23.2. The molecular weight excluding hydrogens is 438 g/mol. The van der Waals surface area contributed by atoms with Crippen molar-refractivity contribution in [2.75, 3.05) is 0 Å². The topological polar surface area (TPSA) is 0 Å². The van der Waals surface area contributed by atoms with Gasteiger partial charge in [-0.15, -0.1) is 0 Å². The van der Waals surface area contributed by atoms with E-state index in [9.17, 15) is 26.3 Å². The summed E-state index contributed by atoms with van der Waals surface area (Å²) in [7, 11) is 0. The minimum absolute atomic E-state index is 0.0489. The van der Waals surface area contributed by atoms with Gasteiger partial charge < -0.3 is 0 Å². The van der Waals surface area contributed by atoms with Crippen LogP contribution in [0.3, 0.4) is 0 Å². The molecule has 1 aliphatic rings. The predicted octanol–water partition coefficient (Wildman–Crippen LogP) is 7.95. The molecule has 33 heavy (non-hydrogen) atoms. The van der Waals surface area contributed by atoms with Crippen molar-refractivity contribution in [1.82, 2.24) is 0 Å². The Labute approximate surface area is 188 Å². The average Bonchev–Trinajstić information content (AvgIpc) is 2.76. The summed E-state index contributed by atoms with van der Waals surface area (Å²) in [6, 6.07) is 5.87. The van der Waals surface area contributed by atoms with Crippen LogP contribution in [0.1, 0.15) is 61.6 Å². The molecule has 0 spiro atoms. The van der Waals surface area contributed by atoms with Gasteiger partial charge in [-0.3, -0.25) is 0 Å². The first-order chi connectivity index (χ1) is 15.8. The summed E-state index contributed by atoms with van der Waals surface area (Å²) in [6.07, 6.45) is 3.82. The van der Waals surface area contributed by atoms with E-state index in [4.69, 9.17) is 0 Å². The van der Waals surface area contributed by atoms with Crippen LogP contribution in [0.5, 0.6) is 0 Å². The Bertz CT molecular complexity index is 1240. The first-order valence-corrected chi connectivity index (χ1v) is 11.0. The van der Waals surface area contributed by atoms with Gasteiger partial charge in [0, 0.05) is 17.0 Å². The van der Waals surface area contributed by atoms with Crippen LogP contribution in [0.4, 0.5) is 26.3 Å². The third kappa shape index (κ3) is 4.73. The van der Waals surface area contributed by atoms with Crippen LogP contribution in [0, 0.1) is 52.7 Å². The summed E-state index contributed by atoms with van der Waals surface area (Å²) < 4.78 is 84.2. The largest absolute Gasteiger partial charge is 0.207 e. The molecule has 0 aliphatic heterocycles. The quantitative estimate of drug-likeness (QED) is 0.211. The van der Waals surface area contributed by atoms with Gasteiger partial charge in [0.05, 0.1) is 5.39 Å². The lowest BCUT2D eigenvalue weighted by atomic mass is 9.78. The zero-order chi connectivity index (χ0) is 23.7. The van der Waals surface area contributed by atoms with Crippen LogP contribution in [0.25, 0.3) is 10.8 Å². The van der Waals surface area contributed by atoms with E-state index < -0.39 is 40.3 Å². The van der Waals surface area contributed by atoms with Crippen molar-refractivity contribution in [3.05, 3.63) is 81.9 Å². The van der Waals surface area contributed by atoms with E-state index in [0.717, 1.165) is 18.6 Å². The highest BCUT2D eigenvalue weighted by Gasteiger charge is 2.26. The molecule has 0 atom stereocenters. The summed E-state index contributed by atoms with van der Waals surface area (Å²) >= 11 is 0. The third-order valence-electron chi connectivity index (χ3n) is 6.26. The maximum absolute atomic E-state index is 14.6. The Balaban J connectivity index is 1.49. The summed E-state index contributed by atoms with van der Waals surface area (Å²) in [5, 5.41) is -0.731. The second-order valence-electron chi connectivity index (χ2n) is 8.58. The molecule has 0 aromatic heterocycles. The molecule has 4 rings (SSSR count). The molecule has 3 aromatic rings. The van der Waals surface area contributed by atoms with Gasteiger partial charge >= 0.3 is 0 Å². The van der Waals surface area contributed by atoms with Crippen LogP contribution in [0.2, 0.25) is 0 Å². The second-order valence-corrected chi connectivity index (χ2v) is 8.58. The third-order valence-corrected chi connectivity index (χ3v) is 6.26. The van der Waals surface area contributed by atoms with Gasteiger partial charge in [0.2, 0.25) is 0 Å². The van der Waals surface area contributed by atoms with Crippen molar-refractivity contribution < 1.29 is 26.3 Å². The van der Waals surface area contributed by atoms with Crippen molar-refractivity contribution in [2.24, 2.45) is 5.92 Å². The fraction of sp³-hybridized carbons (Fsp3) is 0.333. The molecule has 0 amide bonds. The lowest BCUT2D eigenvalue weighted by molar-refractivity contribution is 0.366. The molecule has 0 heterocycles. The first-order valence-electron chi connectivity index (χ1n) is 11.0. The van der Waals surface area contributed by atoms with E-state index in [0.29, 0.717) is 37.7 Å². The minimum atomic E-state index is -1.72. The smallest absolute Gasteiger partial charge is 0.195 e. The maximum atomic E-state index is 14.6. The van der Waals surface area contributed by atoms with E-state index >= 15 is 0 Å². The zero-order valence-corrected chi connectivity index (χ0v) is 18.1. The lowest BCUT2D eigenvalue weighted by Gasteiger charge is -2.26. The fourth-order valence-corrected chi connectivity index (χ4v) is 4.63. The van der Waals surface area contributed by atoms with Gasteiger partial charge in [-0.2, -0.15) is 0 Å². The van der Waals surface area contributed by atoms with Gasteiger partial charge in [-0.05, 0) is 79.3 Å². The molecule has 0 nitrogen and oxygen atoms in total. The van der Waals surface area contributed by atoms with E-state index in [1.54, 1.807) is 0 Å². The van der Waals surface area contributed by atoms with Crippen LogP contribution < -0.4 is 0 Å². The number of aryl methyl sites for hydroxylation is 1. The Hall–Kier alpha value is -2.94. The standard InChI is InChI=1S/C27H22F6/c1-2-3-16-11-20(28)24(21(29)12-16)18-8-6-15(7-9-18)4-5-17-10-19-14-23(31)26(32)27(33)25(19)22(30)13-17/h10-15,18H,2-3,6-9H2,1H3. The Kier molecular flexibility index (Phi) is 6.69. The van der Waals surface area contributed by atoms with Crippen LogP contribution >= 0.6 is 0 Å². The molecule has 1 saturated carbocycles. The van der Waals surface area contributed by atoms with Gasteiger partial charge in [0.1, 0.15) is 17.5 Å². The highest BCUT2D eigenvalue weighted by molar-refractivity contribution is 5.85.